The molecule has 2 N–H and O–H groups in total. The monoisotopic (exact) mass is 371 g/mol. The molecule has 4 rings (SSSR count). The average Bonchev–Trinajstić information content (AvgIpc) is 3.04. The van der Waals surface area contributed by atoms with Crippen molar-refractivity contribution in [2.24, 2.45) is 0 Å². The summed E-state index contributed by atoms with van der Waals surface area (Å²) in [5.74, 6) is -0.402. The van der Waals surface area contributed by atoms with Crippen LogP contribution < -0.4 is 11.1 Å². The molecule has 1 aliphatic rings. The maximum absolute atomic E-state index is 11.4. The number of para-hydroxylation sites is 1. The van der Waals surface area contributed by atoms with Crippen molar-refractivity contribution < 1.29 is 4.42 Å². The number of oxazole rings is 1. The number of aromatic amines is 1. The van der Waals surface area contributed by atoms with Crippen LogP contribution in [0.3, 0.4) is 0 Å². The Morgan fingerprint density at radius 2 is 1.88 bits per heavy atom. The molecule has 1 aromatic heterocycles. The molecule has 0 saturated carbocycles. The third kappa shape index (κ3) is 3.85. The molecule has 0 bridgehead atoms. The van der Waals surface area contributed by atoms with Crippen LogP contribution in [-0.2, 0) is 13.1 Å². The summed E-state index contributed by atoms with van der Waals surface area (Å²) in [7, 11) is 0. The maximum Gasteiger partial charge on any atom is 0.417 e. The van der Waals surface area contributed by atoms with Crippen molar-refractivity contribution in [3.05, 3.63) is 69.2 Å². The van der Waals surface area contributed by atoms with Crippen molar-refractivity contribution in [2.75, 3.05) is 13.1 Å². The topological polar surface area (TPSA) is 61.3 Å². The Morgan fingerprint density at radius 1 is 1.12 bits per heavy atom. The number of fused-ring (bicyclic) bond motifs is 1. The van der Waals surface area contributed by atoms with E-state index in [1.54, 1.807) is 0 Å². The molecular weight excluding hydrogens is 350 g/mol. The Balaban J connectivity index is 1.31. The number of likely N-dealkylation sites (tertiary alicyclic amines) is 1. The van der Waals surface area contributed by atoms with Crippen molar-refractivity contribution in [1.29, 1.82) is 0 Å². The van der Waals surface area contributed by atoms with E-state index >= 15 is 0 Å². The highest BCUT2D eigenvalue weighted by Crippen LogP contribution is 2.20. The van der Waals surface area contributed by atoms with Crippen LogP contribution >= 0.6 is 11.6 Å². The molecule has 0 amide bonds. The number of nitrogens with one attached hydrogen (secondary N) is 2. The lowest BCUT2D eigenvalue weighted by molar-refractivity contribution is 0.190. The van der Waals surface area contributed by atoms with E-state index in [9.17, 15) is 4.79 Å². The van der Waals surface area contributed by atoms with Gasteiger partial charge >= 0.3 is 5.76 Å². The van der Waals surface area contributed by atoms with E-state index in [-0.39, 0.29) is 0 Å². The van der Waals surface area contributed by atoms with Gasteiger partial charge in [-0.3, -0.25) is 9.88 Å². The Morgan fingerprint density at radius 3 is 2.69 bits per heavy atom. The summed E-state index contributed by atoms with van der Waals surface area (Å²) in [6.07, 6.45) is 2.19. The van der Waals surface area contributed by atoms with Crippen LogP contribution in [0.2, 0.25) is 5.02 Å². The second-order valence-corrected chi connectivity index (χ2v) is 7.24. The second-order valence-electron chi connectivity index (χ2n) is 6.83. The molecule has 1 saturated heterocycles. The van der Waals surface area contributed by atoms with E-state index in [0.717, 1.165) is 48.6 Å². The summed E-state index contributed by atoms with van der Waals surface area (Å²) < 4.78 is 5.26. The molecule has 0 unspecified atom stereocenters. The Bertz CT molecular complexity index is 941. The minimum Gasteiger partial charge on any atom is -0.408 e. The van der Waals surface area contributed by atoms with Crippen molar-refractivity contribution in [2.45, 2.75) is 32.0 Å². The van der Waals surface area contributed by atoms with Gasteiger partial charge in [-0.25, -0.2) is 4.79 Å². The predicted octanol–water partition coefficient (Wildman–Crippen LogP) is 3.53. The number of H-pyrrole nitrogens is 1. The van der Waals surface area contributed by atoms with Gasteiger partial charge in [0.25, 0.3) is 0 Å². The minimum atomic E-state index is -0.402. The average molecular weight is 372 g/mol. The summed E-state index contributed by atoms with van der Waals surface area (Å²) in [6, 6.07) is 14.3. The van der Waals surface area contributed by atoms with Gasteiger partial charge in [0, 0.05) is 29.7 Å². The third-order valence-electron chi connectivity index (χ3n) is 5.05. The lowest BCUT2D eigenvalue weighted by Crippen LogP contribution is -2.41. The summed E-state index contributed by atoms with van der Waals surface area (Å²) in [4.78, 5) is 16.6. The van der Waals surface area contributed by atoms with Crippen molar-refractivity contribution in [3.8, 4) is 0 Å². The van der Waals surface area contributed by atoms with E-state index in [1.807, 2.05) is 36.4 Å². The van der Waals surface area contributed by atoms with Gasteiger partial charge in [0.15, 0.2) is 5.58 Å². The zero-order valence-electron chi connectivity index (χ0n) is 14.5. The van der Waals surface area contributed by atoms with Crippen molar-refractivity contribution in [3.63, 3.8) is 0 Å². The molecule has 2 heterocycles. The number of hydrogen-bond acceptors (Lipinski definition) is 4. The van der Waals surface area contributed by atoms with Gasteiger partial charge in [0.1, 0.15) is 0 Å². The van der Waals surface area contributed by atoms with Crippen LogP contribution in [0.15, 0.2) is 51.7 Å². The largest absolute Gasteiger partial charge is 0.417 e. The van der Waals surface area contributed by atoms with E-state index in [2.05, 4.69) is 21.3 Å². The fraction of sp³-hybridized carbons (Fsp3) is 0.350. The zero-order chi connectivity index (χ0) is 17.9. The molecular formula is C20H22ClN3O2. The summed E-state index contributed by atoms with van der Waals surface area (Å²) in [6.45, 7) is 3.70. The van der Waals surface area contributed by atoms with E-state index < -0.39 is 5.76 Å². The molecule has 1 aliphatic heterocycles. The summed E-state index contributed by atoms with van der Waals surface area (Å²) in [5, 5.41) is 4.45. The molecule has 0 spiro atoms. The van der Waals surface area contributed by atoms with Crippen molar-refractivity contribution in [1.82, 2.24) is 15.2 Å². The van der Waals surface area contributed by atoms with E-state index in [1.165, 1.54) is 5.56 Å². The quantitative estimate of drug-likeness (QED) is 0.720. The molecule has 2 aromatic carbocycles. The van der Waals surface area contributed by atoms with E-state index in [0.29, 0.717) is 18.2 Å². The number of benzene rings is 2. The van der Waals surface area contributed by atoms with Crippen LogP contribution in [0.4, 0.5) is 0 Å². The lowest BCUT2D eigenvalue weighted by atomic mass is 10.0. The fourth-order valence-corrected chi connectivity index (χ4v) is 3.78. The van der Waals surface area contributed by atoms with Gasteiger partial charge in [0.05, 0.1) is 5.52 Å². The molecule has 0 aliphatic carbocycles. The number of rotatable bonds is 5. The maximum atomic E-state index is 11.4. The zero-order valence-corrected chi connectivity index (χ0v) is 15.3. The van der Waals surface area contributed by atoms with Gasteiger partial charge in [-0.1, -0.05) is 41.9 Å². The molecule has 26 heavy (non-hydrogen) atoms. The smallest absolute Gasteiger partial charge is 0.408 e. The molecule has 3 aromatic rings. The Kier molecular flexibility index (Phi) is 5.11. The normalized spacial score (nSPS) is 16.3. The van der Waals surface area contributed by atoms with Crippen LogP contribution in [0.5, 0.6) is 0 Å². The predicted molar refractivity (Wildman–Crippen MR) is 103 cm³/mol. The second kappa shape index (κ2) is 7.66. The number of halogens is 1. The lowest BCUT2D eigenvalue weighted by Gasteiger charge is -2.32. The summed E-state index contributed by atoms with van der Waals surface area (Å²) >= 11 is 6.27. The fourth-order valence-electron chi connectivity index (χ4n) is 3.59. The Hall–Kier alpha value is -2.08. The summed E-state index contributed by atoms with van der Waals surface area (Å²) in [5.41, 5.74) is 3.61. The molecule has 1 fully saturated rings. The standard InChI is InChI=1S/C20H22ClN3O2/c21-17-6-2-1-4-15(17)13-24-10-8-16(9-11-24)22-12-14-5-3-7-18-19(14)26-20(25)23-18/h1-7,16,22H,8-13H2,(H,23,25). The number of aromatic nitrogens is 1. The first-order valence-electron chi connectivity index (χ1n) is 8.99. The Labute approximate surface area is 157 Å². The molecule has 136 valence electrons. The van der Waals surface area contributed by atoms with Crippen LogP contribution in [0, 0.1) is 0 Å². The van der Waals surface area contributed by atoms with Gasteiger partial charge in [-0.2, -0.15) is 0 Å². The highest BCUT2D eigenvalue weighted by molar-refractivity contribution is 6.31. The molecule has 0 radical (unpaired) electrons. The molecule has 6 heteroatoms. The van der Waals surface area contributed by atoms with E-state index in [4.69, 9.17) is 16.0 Å². The number of nitrogens with zero attached hydrogens (tertiary/aromatic N) is 1. The molecule has 5 nitrogen and oxygen atoms in total. The van der Waals surface area contributed by atoms with Crippen LogP contribution in [0.1, 0.15) is 24.0 Å². The van der Waals surface area contributed by atoms with Gasteiger partial charge in [-0.15, -0.1) is 0 Å². The molecule has 0 atom stereocenters. The van der Waals surface area contributed by atoms with Gasteiger partial charge < -0.3 is 9.73 Å². The first-order valence-corrected chi connectivity index (χ1v) is 9.37. The van der Waals surface area contributed by atoms with Crippen LogP contribution in [-0.4, -0.2) is 29.0 Å². The highest BCUT2D eigenvalue weighted by Gasteiger charge is 2.20. The first kappa shape index (κ1) is 17.3. The van der Waals surface area contributed by atoms with Crippen LogP contribution in [0.25, 0.3) is 11.1 Å². The number of piperidine rings is 1. The number of hydrogen-bond donors (Lipinski definition) is 2. The van der Waals surface area contributed by atoms with Gasteiger partial charge in [0.2, 0.25) is 0 Å². The SMILES string of the molecule is O=c1[nH]c2cccc(CNC3CCN(Cc4ccccc4Cl)CC3)c2o1. The minimum absolute atomic E-state index is 0.402. The van der Waals surface area contributed by atoms with Crippen molar-refractivity contribution >= 4 is 22.7 Å². The highest BCUT2D eigenvalue weighted by atomic mass is 35.5. The first-order chi connectivity index (χ1) is 12.7. The van der Waals surface area contributed by atoms with Gasteiger partial charge in [-0.05, 0) is 43.6 Å². The third-order valence-corrected chi connectivity index (χ3v) is 5.42.